The molecule has 0 aliphatic heterocycles. The molecule has 3 rings (SSSR count). The molecule has 0 radical (unpaired) electrons. The van der Waals surface area contributed by atoms with Crippen LogP contribution in [0.2, 0.25) is 0 Å². The van der Waals surface area contributed by atoms with E-state index in [1.54, 1.807) is 6.20 Å². The Hall–Kier alpha value is -1.91. The Morgan fingerprint density at radius 3 is 2.83 bits per heavy atom. The van der Waals surface area contributed by atoms with Gasteiger partial charge in [-0.05, 0) is 19.8 Å². The maximum atomic E-state index is 6.00. The number of nitrogens with zero attached hydrogens (tertiary/aromatic N) is 4. The third-order valence-corrected chi connectivity index (χ3v) is 3.38. The first kappa shape index (κ1) is 11.2. The van der Waals surface area contributed by atoms with Crippen molar-refractivity contribution in [1.82, 2.24) is 19.5 Å². The third-order valence-electron chi connectivity index (χ3n) is 3.38. The normalized spacial score (nSPS) is 15.0. The summed E-state index contributed by atoms with van der Waals surface area (Å²) in [5, 5.41) is 0. The van der Waals surface area contributed by atoms with Gasteiger partial charge in [-0.2, -0.15) is 0 Å². The molecule has 2 N–H and O–H groups in total. The van der Waals surface area contributed by atoms with Crippen LogP contribution in [-0.2, 0) is 6.42 Å². The highest BCUT2D eigenvalue weighted by Crippen LogP contribution is 2.39. The molecule has 94 valence electrons. The van der Waals surface area contributed by atoms with Crippen LogP contribution >= 0.6 is 0 Å². The minimum atomic E-state index is 0.500. The fraction of sp³-hybridized carbons (Fsp3) is 0.462. The van der Waals surface area contributed by atoms with Crippen LogP contribution in [0.5, 0.6) is 0 Å². The highest BCUT2D eigenvalue weighted by atomic mass is 15.1. The van der Waals surface area contributed by atoms with Gasteiger partial charge in [-0.15, -0.1) is 0 Å². The number of hydrogen-bond acceptors (Lipinski definition) is 4. The number of hydrogen-bond donors (Lipinski definition) is 1. The first-order chi connectivity index (χ1) is 8.70. The van der Waals surface area contributed by atoms with Crippen molar-refractivity contribution >= 4 is 5.82 Å². The SMILES string of the molecule is CCc1nccn1-c1nc(C2CC2)nc(N)c1C. The first-order valence-corrected chi connectivity index (χ1v) is 6.37. The number of nitrogen functional groups attached to an aromatic ring is 1. The number of aryl methyl sites for hydroxylation is 1. The maximum Gasteiger partial charge on any atom is 0.146 e. The van der Waals surface area contributed by atoms with Crippen molar-refractivity contribution < 1.29 is 0 Å². The van der Waals surface area contributed by atoms with Crippen LogP contribution in [0.1, 0.15) is 42.9 Å². The van der Waals surface area contributed by atoms with Crippen molar-refractivity contribution in [3.8, 4) is 5.82 Å². The van der Waals surface area contributed by atoms with E-state index < -0.39 is 0 Å². The Balaban J connectivity index is 2.15. The second-order valence-corrected chi connectivity index (χ2v) is 4.76. The van der Waals surface area contributed by atoms with E-state index in [2.05, 4.69) is 21.9 Å². The lowest BCUT2D eigenvalue weighted by atomic mass is 10.2. The van der Waals surface area contributed by atoms with Crippen molar-refractivity contribution in [3.63, 3.8) is 0 Å². The number of nitrogens with two attached hydrogens (primary N) is 1. The van der Waals surface area contributed by atoms with Gasteiger partial charge in [-0.3, -0.25) is 4.57 Å². The van der Waals surface area contributed by atoms with E-state index in [9.17, 15) is 0 Å². The van der Waals surface area contributed by atoms with E-state index >= 15 is 0 Å². The molecule has 1 saturated carbocycles. The molecule has 2 heterocycles. The number of aromatic nitrogens is 4. The summed E-state index contributed by atoms with van der Waals surface area (Å²) in [6.07, 6.45) is 6.95. The zero-order valence-corrected chi connectivity index (χ0v) is 10.7. The summed E-state index contributed by atoms with van der Waals surface area (Å²) in [5.74, 6) is 3.83. The van der Waals surface area contributed by atoms with E-state index in [0.29, 0.717) is 11.7 Å². The zero-order valence-electron chi connectivity index (χ0n) is 10.7. The second kappa shape index (κ2) is 4.08. The van der Waals surface area contributed by atoms with Crippen molar-refractivity contribution in [3.05, 3.63) is 29.6 Å². The van der Waals surface area contributed by atoms with Crippen molar-refractivity contribution in [2.45, 2.75) is 39.0 Å². The van der Waals surface area contributed by atoms with Crippen LogP contribution in [0.3, 0.4) is 0 Å². The Morgan fingerprint density at radius 2 is 2.17 bits per heavy atom. The topological polar surface area (TPSA) is 69.6 Å². The quantitative estimate of drug-likeness (QED) is 0.895. The predicted octanol–water partition coefficient (Wildman–Crippen LogP) is 1.99. The van der Waals surface area contributed by atoms with Gasteiger partial charge in [0.1, 0.15) is 23.3 Å². The largest absolute Gasteiger partial charge is 0.383 e. The lowest BCUT2D eigenvalue weighted by Crippen LogP contribution is -2.10. The molecule has 0 atom stereocenters. The zero-order chi connectivity index (χ0) is 12.7. The molecule has 5 heteroatoms. The van der Waals surface area contributed by atoms with Crippen LogP contribution in [-0.4, -0.2) is 19.5 Å². The fourth-order valence-electron chi connectivity index (χ4n) is 2.09. The molecule has 2 aromatic rings. The highest BCUT2D eigenvalue weighted by Gasteiger charge is 2.28. The minimum Gasteiger partial charge on any atom is -0.383 e. The molecule has 0 saturated heterocycles. The first-order valence-electron chi connectivity index (χ1n) is 6.37. The highest BCUT2D eigenvalue weighted by molar-refractivity contribution is 5.49. The van der Waals surface area contributed by atoms with Gasteiger partial charge in [0, 0.05) is 30.3 Å². The van der Waals surface area contributed by atoms with Crippen LogP contribution in [0.25, 0.3) is 5.82 Å². The molecular formula is C13H17N5. The molecule has 0 unspecified atom stereocenters. The summed E-state index contributed by atoms with van der Waals surface area (Å²) in [4.78, 5) is 13.4. The molecule has 1 aliphatic carbocycles. The standard InChI is InChI=1S/C13H17N5/c1-3-10-15-6-7-18(10)13-8(2)11(14)16-12(17-13)9-4-5-9/h6-7,9H,3-5H2,1-2H3,(H2,14,16,17). The average Bonchev–Trinajstić information content (AvgIpc) is 3.11. The molecule has 0 amide bonds. The van der Waals surface area contributed by atoms with Gasteiger partial charge in [0.05, 0.1) is 0 Å². The van der Waals surface area contributed by atoms with E-state index in [0.717, 1.165) is 29.5 Å². The third kappa shape index (κ3) is 1.75. The van der Waals surface area contributed by atoms with Gasteiger partial charge >= 0.3 is 0 Å². The van der Waals surface area contributed by atoms with Crippen LogP contribution < -0.4 is 5.73 Å². The number of rotatable bonds is 3. The van der Waals surface area contributed by atoms with E-state index in [1.165, 1.54) is 12.8 Å². The maximum absolute atomic E-state index is 6.00. The smallest absolute Gasteiger partial charge is 0.146 e. The minimum absolute atomic E-state index is 0.500. The van der Waals surface area contributed by atoms with Gasteiger partial charge in [0.25, 0.3) is 0 Å². The molecule has 18 heavy (non-hydrogen) atoms. The summed E-state index contributed by atoms with van der Waals surface area (Å²) < 4.78 is 2.01. The summed E-state index contributed by atoms with van der Waals surface area (Å²) in [6.45, 7) is 4.04. The number of anilines is 1. The Labute approximate surface area is 106 Å². The second-order valence-electron chi connectivity index (χ2n) is 4.76. The molecule has 1 aliphatic rings. The Bertz CT molecular complexity index is 583. The summed E-state index contributed by atoms with van der Waals surface area (Å²) in [6, 6.07) is 0. The molecule has 0 bridgehead atoms. The monoisotopic (exact) mass is 243 g/mol. The van der Waals surface area contributed by atoms with Gasteiger partial charge < -0.3 is 5.73 Å². The van der Waals surface area contributed by atoms with Crippen LogP contribution in [0.4, 0.5) is 5.82 Å². The Kier molecular flexibility index (Phi) is 2.54. The van der Waals surface area contributed by atoms with Crippen molar-refractivity contribution in [2.75, 3.05) is 5.73 Å². The fourth-order valence-corrected chi connectivity index (χ4v) is 2.09. The van der Waals surface area contributed by atoms with Crippen molar-refractivity contribution in [1.29, 1.82) is 0 Å². The van der Waals surface area contributed by atoms with Crippen molar-refractivity contribution in [2.24, 2.45) is 0 Å². The van der Waals surface area contributed by atoms with Gasteiger partial charge in [-0.25, -0.2) is 15.0 Å². The van der Waals surface area contributed by atoms with E-state index in [4.69, 9.17) is 5.73 Å². The molecule has 0 spiro atoms. The lowest BCUT2D eigenvalue weighted by molar-refractivity contribution is 0.825. The van der Waals surface area contributed by atoms with Crippen LogP contribution in [0, 0.1) is 6.92 Å². The van der Waals surface area contributed by atoms with Gasteiger partial charge in [0.2, 0.25) is 0 Å². The summed E-state index contributed by atoms with van der Waals surface area (Å²) >= 11 is 0. The molecule has 2 aromatic heterocycles. The Morgan fingerprint density at radius 1 is 1.39 bits per heavy atom. The molecule has 5 nitrogen and oxygen atoms in total. The van der Waals surface area contributed by atoms with E-state index in [-0.39, 0.29) is 0 Å². The molecule has 0 aromatic carbocycles. The number of imidazole rings is 1. The van der Waals surface area contributed by atoms with Crippen LogP contribution in [0.15, 0.2) is 12.4 Å². The summed E-state index contributed by atoms with van der Waals surface area (Å²) in [7, 11) is 0. The molecule has 1 fully saturated rings. The van der Waals surface area contributed by atoms with Gasteiger partial charge in [-0.1, -0.05) is 6.92 Å². The lowest BCUT2D eigenvalue weighted by Gasteiger charge is -2.12. The predicted molar refractivity (Wildman–Crippen MR) is 69.7 cm³/mol. The molecular weight excluding hydrogens is 226 g/mol. The van der Waals surface area contributed by atoms with E-state index in [1.807, 2.05) is 17.7 Å². The summed E-state index contributed by atoms with van der Waals surface area (Å²) in [5.41, 5.74) is 6.92. The van der Waals surface area contributed by atoms with Gasteiger partial charge in [0.15, 0.2) is 0 Å². The average molecular weight is 243 g/mol.